The van der Waals surface area contributed by atoms with Crippen molar-refractivity contribution in [2.75, 3.05) is 7.05 Å². The fourth-order valence-corrected chi connectivity index (χ4v) is 2.09. The molecule has 0 aliphatic heterocycles. The fraction of sp³-hybridized carbons (Fsp3) is 0.154. The zero-order valence-electron chi connectivity index (χ0n) is 9.69. The van der Waals surface area contributed by atoms with E-state index in [4.69, 9.17) is 27.6 Å². The summed E-state index contributed by atoms with van der Waals surface area (Å²) >= 11 is 11.8. The maximum Gasteiger partial charge on any atom is 0.255 e. The SMILES string of the molecule is CN(Cc1ccoc1)C(=O)c1ccc(Cl)cc1Cl. The van der Waals surface area contributed by atoms with Gasteiger partial charge in [0.15, 0.2) is 0 Å². The van der Waals surface area contributed by atoms with E-state index in [2.05, 4.69) is 0 Å². The monoisotopic (exact) mass is 283 g/mol. The Morgan fingerprint density at radius 3 is 2.72 bits per heavy atom. The average Bonchev–Trinajstić information content (AvgIpc) is 2.81. The van der Waals surface area contributed by atoms with E-state index in [1.165, 1.54) is 0 Å². The van der Waals surface area contributed by atoms with Crippen molar-refractivity contribution >= 4 is 29.1 Å². The lowest BCUT2D eigenvalue weighted by Gasteiger charge is -2.17. The van der Waals surface area contributed by atoms with Gasteiger partial charge >= 0.3 is 0 Å². The van der Waals surface area contributed by atoms with Gasteiger partial charge in [-0.05, 0) is 24.3 Å². The van der Waals surface area contributed by atoms with Gasteiger partial charge in [0, 0.05) is 24.2 Å². The van der Waals surface area contributed by atoms with Crippen LogP contribution >= 0.6 is 23.2 Å². The van der Waals surface area contributed by atoms with Crippen molar-refractivity contribution in [3.63, 3.8) is 0 Å². The minimum Gasteiger partial charge on any atom is -0.472 e. The summed E-state index contributed by atoms with van der Waals surface area (Å²) in [6, 6.07) is 6.64. The van der Waals surface area contributed by atoms with E-state index >= 15 is 0 Å². The van der Waals surface area contributed by atoms with Crippen LogP contribution in [-0.4, -0.2) is 17.9 Å². The number of benzene rings is 1. The van der Waals surface area contributed by atoms with Crippen LogP contribution in [0.3, 0.4) is 0 Å². The van der Waals surface area contributed by atoms with Gasteiger partial charge in [0.05, 0.1) is 23.1 Å². The predicted octanol–water partition coefficient (Wildman–Crippen LogP) is 3.86. The van der Waals surface area contributed by atoms with Gasteiger partial charge in [-0.3, -0.25) is 4.79 Å². The Morgan fingerprint density at radius 2 is 2.11 bits per heavy atom. The molecule has 0 fully saturated rings. The lowest BCUT2D eigenvalue weighted by Crippen LogP contribution is -2.26. The molecule has 1 heterocycles. The number of halogens is 2. The summed E-state index contributed by atoms with van der Waals surface area (Å²) in [6.45, 7) is 0.467. The van der Waals surface area contributed by atoms with Gasteiger partial charge in [-0.25, -0.2) is 0 Å². The molecule has 0 atom stereocenters. The highest BCUT2D eigenvalue weighted by Crippen LogP contribution is 2.22. The van der Waals surface area contributed by atoms with Crippen molar-refractivity contribution in [2.45, 2.75) is 6.54 Å². The molecule has 2 rings (SSSR count). The van der Waals surface area contributed by atoms with Gasteiger partial charge in [-0.1, -0.05) is 23.2 Å². The normalized spacial score (nSPS) is 10.4. The van der Waals surface area contributed by atoms with Crippen LogP contribution in [0.4, 0.5) is 0 Å². The van der Waals surface area contributed by atoms with Crippen molar-refractivity contribution in [1.82, 2.24) is 4.90 Å². The van der Waals surface area contributed by atoms with Crippen LogP contribution in [0.25, 0.3) is 0 Å². The first-order valence-electron chi connectivity index (χ1n) is 5.29. The molecule has 94 valence electrons. The van der Waals surface area contributed by atoms with Crippen LogP contribution in [0.2, 0.25) is 10.0 Å². The Labute approximate surface area is 115 Å². The first-order valence-corrected chi connectivity index (χ1v) is 6.05. The third-order valence-electron chi connectivity index (χ3n) is 2.51. The second-order valence-electron chi connectivity index (χ2n) is 3.92. The van der Waals surface area contributed by atoms with E-state index in [1.54, 1.807) is 42.7 Å². The summed E-state index contributed by atoms with van der Waals surface area (Å²) in [4.78, 5) is 13.7. The maximum absolute atomic E-state index is 12.2. The van der Waals surface area contributed by atoms with Crippen molar-refractivity contribution in [3.05, 3.63) is 58.0 Å². The number of hydrogen-bond donors (Lipinski definition) is 0. The third-order valence-corrected chi connectivity index (χ3v) is 3.06. The molecule has 0 saturated carbocycles. The fourth-order valence-electron chi connectivity index (χ4n) is 1.60. The Balaban J connectivity index is 2.15. The molecule has 0 unspecified atom stereocenters. The first-order chi connectivity index (χ1) is 8.58. The quantitative estimate of drug-likeness (QED) is 0.857. The zero-order valence-corrected chi connectivity index (χ0v) is 11.2. The molecule has 5 heteroatoms. The van der Waals surface area contributed by atoms with Gasteiger partial charge in [0.25, 0.3) is 5.91 Å². The molecule has 0 N–H and O–H groups in total. The van der Waals surface area contributed by atoms with Crippen LogP contribution < -0.4 is 0 Å². The van der Waals surface area contributed by atoms with Crippen molar-refractivity contribution in [3.8, 4) is 0 Å². The van der Waals surface area contributed by atoms with Gasteiger partial charge in [-0.15, -0.1) is 0 Å². The summed E-state index contributed by atoms with van der Waals surface area (Å²) in [7, 11) is 1.71. The lowest BCUT2D eigenvalue weighted by molar-refractivity contribution is 0.0785. The number of furan rings is 1. The summed E-state index contributed by atoms with van der Waals surface area (Å²) < 4.78 is 4.96. The molecule has 0 radical (unpaired) electrons. The molecule has 2 aromatic rings. The average molecular weight is 284 g/mol. The van der Waals surface area contributed by atoms with Crippen molar-refractivity contribution in [1.29, 1.82) is 0 Å². The van der Waals surface area contributed by atoms with Crippen LogP contribution in [0.5, 0.6) is 0 Å². The van der Waals surface area contributed by atoms with Crippen molar-refractivity contribution < 1.29 is 9.21 Å². The first kappa shape index (κ1) is 13.0. The Hall–Kier alpha value is -1.45. The number of rotatable bonds is 3. The van der Waals surface area contributed by atoms with Crippen LogP contribution in [0, 0.1) is 0 Å². The van der Waals surface area contributed by atoms with E-state index in [1.807, 2.05) is 6.07 Å². The molecular weight excluding hydrogens is 273 g/mol. The molecular formula is C13H11Cl2NO2. The highest BCUT2D eigenvalue weighted by atomic mass is 35.5. The highest BCUT2D eigenvalue weighted by Gasteiger charge is 2.15. The summed E-state index contributed by atoms with van der Waals surface area (Å²) in [6.07, 6.45) is 3.18. The molecule has 1 amide bonds. The third kappa shape index (κ3) is 2.86. The van der Waals surface area contributed by atoms with E-state index in [-0.39, 0.29) is 5.91 Å². The van der Waals surface area contributed by atoms with Crippen LogP contribution in [-0.2, 0) is 6.54 Å². The largest absolute Gasteiger partial charge is 0.472 e. The minimum atomic E-state index is -0.155. The van der Waals surface area contributed by atoms with Crippen LogP contribution in [0.1, 0.15) is 15.9 Å². The number of carbonyl (C=O) groups excluding carboxylic acids is 1. The zero-order chi connectivity index (χ0) is 13.1. The molecule has 1 aromatic heterocycles. The summed E-state index contributed by atoms with van der Waals surface area (Å²) in [5.74, 6) is -0.155. The molecule has 0 bridgehead atoms. The van der Waals surface area contributed by atoms with Crippen LogP contribution in [0.15, 0.2) is 41.2 Å². The number of hydrogen-bond acceptors (Lipinski definition) is 2. The Morgan fingerprint density at radius 1 is 1.33 bits per heavy atom. The molecule has 1 aromatic carbocycles. The van der Waals surface area contributed by atoms with Gasteiger partial charge in [-0.2, -0.15) is 0 Å². The second kappa shape index (κ2) is 5.46. The molecule has 0 aliphatic carbocycles. The smallest absolute Gasteiger partial charge is 0.255 e. The number of amides is 1. The number of nitrogens with zero attached hydrogens (tertiary/aromatic N) is 1. The van der Waals surface area contributed by atoms with E-state index in [0.29, 0.717) is 22.2 Å². The molecule has 18 heavy (non-hydrogen) atoms. The van der Waals surface area contributed by atoms with E-state index in [9.17, 15) is 4.79 Å². The highest BCUT2D eigenvalue weighted by molar-refractivity contribution is 6.36. The van der Waals surface area contributed by atoms with Gasteiger partial charge in [0.1, 0.15) is 0 Å². The topological polar surface area (TPSA) is 33.5 Å². The van der Waals surface area contributed by atoms with Gasteiger partial charge < -0.3 is 9.32 Å². The van der Waals surface area contributed by atoms with Crippen molar-refractivity contribution in [2.24, 2.45) is 0 Å². The predicted molar refractivity (Wildman–Crippen MR) is 71.0 cm³/mol. The Kier molecular flexibility index (Phi) is 3.94. The number of carbonyl (C=O) groups is 1. The maximum atomic E-state index is 12.2. The molecule has 0 saturated heterocycles. The standard InChI is InChI=1S/C13H11Cl2NO2/c1-16(7-9-4-5-18-8-9)13(17)11-3-2-10(14)6-12(11)15/h2-6,8H,7H2,1H3. The summed E-state index contributed by atoms with van der Waals surface area (Å²) in [5.41, 5.74) is 1.36. The van der Waals surface area contributed by atoms with Gasteiger partial charge in [0.2, 0.25) is 0 Å². The summed E-state index contributed by atoms with van der Waals surface area (Å²) in [5, 5.41) is 0.862. The second-order valence-corrected chi connectivity index (χ2v) is 4.76. The Bertz CT molecular complexity index is 552. The molecule has 3 nitrogen and oxygen atoms in total. The van der Waals surface area contributed by atoms with E-state index < -0.39 is 0 Å². The van der Waals surface area contributed by atoms with E-state index in [0.717, 1.165) is 5.56 Å². The lowest BCUT2D eigenvalue weighted by atomic mass is 10.2. The molecule has 0 aliphatic rings. The molecule has 0 spiro atoms. The minimum absolute atomic E-state index is 0.155.